The Labute approximate surface area is 143 Å². The zero-order valence-electron chi connectivity index (χ0n) is 14.8. The topological polar surface area (TPSA) is 59.1 Å². The number of nitrogens with zero attached hydrogens (tertiary/aromatic N) is 2. The molecule has 1 saturated heterocycles. The SMILES string of the molecule is COC(=O)[C@H](c1ccccc1)N1CCN(C(=O)OC(C)(C)C)CC1. The van der Waals surface area contributed by atoms with Crippen molar-refractivity contribution in [2.75, 3.05) is 33.3 Å². The van der Waals surface area contributed by atoms with Crippen LogP contribution in [0.5, 0.6) is 0 Å². The maximum atomic E-state index is 12.2. The van der Waals surface area contributed by atoms with Crippen LogP contribution in [0.1, 0.15) is 32.4 Å². The van der Waals surface area contributed by atoms with E-state index in [2.05, 4.69) is 0 Å². The van der Waals surface area contributed by atoms with Crippen LogP contribution in [0.2, 0.25) is 0 Å². The molecule has 1 aliphatic rings. The van der Waals surface area contributed by atoms with Crippen molar-refractivity contribution >= 4 is 12.1 Å². The highest BCUT2D eigenvalue weighted by molar-refractivity contribution is 5.77. The van der Waals surface area contributed by atoms with Gasteiger partial charge in [0.2, 0.25) is 0 Å². The predicted molar refractivity (Wildman–Crippen MR) is 90.6 cm³/mol. The lowest BCUT2D eigenvalue weighted by atomic mass is 10.0. The van der Waals surface area contributed by atoms with Gasteiger partial charge in [0.1, 0.15) is 11.6 Å². The molecular weight excluding hydrogens is 308 g/mol. The minimum Gasteiger partial charge on any atom is -0.468 e. The molecule has 0 saturated carbocycles. The summed E-state index contributed by atoms with van der Waals surface area (Å²) in [7, 11) is 1.40. The Bertz CT molecular complexity index is 560. The molecule has 1 amide bonds. The molecule has 0 unspecified atom stereocenters. The molecule has 1 atom stereocenters. The summed E-state index contributed by atoms with van der Waals surface area (Å²) in [5, 5.41) is 0. The summed E-state index contributed by atoms with van der Waals surface area (Å²) in [6, 6.07) is 9.11. The van der Waals surface area contributed by atoms with Crippen LogP contribution in [-0.2, 0) is 14.3 Å². The van der Waals surface area contributed by atoms with Crippen LogP contribution in [0.4, 0.5) is 4.79 Å². The molecule has 0 aromatic heterocycles. The standard InChI is InChI=1S/C18H26N2O4/c1-18(2,3)24-17(22)20-12-10-19(11-13-20)15(16(21)23-4)14-8-6-5-7-9-14/h5-9,15H,10-13H2,1-4H3/t15-/m0/s1. The molecule has 0 aliphatic carbocycles. The van der Waals surface area contributed by atoms with Gasteiger partial charge in [-0.25, -0.2) is 9.59 Å². The minimum atomic E-state index is -0.507. The smallest absolute Gasteiger partial charge is 0.410 e. The fraction of sp³-hybridized carbons (Fsp3) is 0.556. The van der Waals surface area contributed by atoms with E-state index in [-0.39, 0.29) is 12.1 Å². The van der Waals surface area contributed by atoms with Gasteiger partial charge in [-0.2, -0.15) is 0 Å². The van der Waals surface area contributed by atoms with Gasteiger partial charge in [-0.15, -0.1) is 0 Å². The van der Waals surface area contributed by atoms with Gasteiger partial charge in [0.25, 0.3) is 0 Å². The van der Waals surface area contributed by atoms with Crippen LogP contribution in [-0.4, -0.2) is 60.8 Å². The molecule has 24 heavy (non-hydrogen) atoms. The van der Waals surface area contributed by atoms with Crippen molar-refractivity contribution in [2.24, 2.45) is 0 Å². The molecule has 0 N–H and O–H groups in total. The Balaban J connectivity index is 2.03. The molecule has 0 radical (unpaired) electrons. The lowest BCUT2D eigenvalue weighted by molar-refractivity contribution is -0.148. The molecular formula is C18H26N2O4. The highest BCUT2D eigenvalue weighted by Crippen LogP contribution is 2.24. The molecule has 1 aromatic rings. The molecule has 0 bridgehead atoms. The average Bonchev–Trinajstić information content (AvgIpc) is 2.55. The van der Waals surface area contributed by atoms with E-state index in [4.69, 9.17) is 9.47 Å². The van der Waals surface area contributed by atoms with Crippen LogP contribution in [0, 0.1) is 0 Å². The summed E-state index contributed by atoms with van der Waals surface area (Å²) >= 11 is 0. The number of carbonyl (C=O) groups is 2. The first-order valence-electron chi connectivity index (χ1n) is 8.16. The van der Waals surface area contributed by atoms with Crippen molar-refractivity contribution in [3.8, 4) is 0 Å². The molecule has 6 nitrogen and oxygen atoms in total. The number of piperazine rings is 1. The molecule has 2 rings (SSSR count). The Morgan fingerprint density at radius 3 is 2.12 bits per heavy atom. The van der Waals surface area contributed by atoms with E-state index in [0.29, 0.717) is 26.2 Å². The third-order valence-corrected chi connectivity index (χ3v) is 3.87. The first kappa shape index (κ1) is 18.3. The van der Waals surface area contributed by atoms with Crippen molar-refractivity contribution < 1.29 is 19.1 Å². The molecule has 1 fully saturated rings. The molecule has 6 heteroatoms. The van der Waals surface area contributed by atoms with Gasteiger partial charge < -0.3 is 14.4 Å². The van der Waals surface area contributed by atoms with Gasteiger partial charge in [-0.3, -0.25) is 4.90 Å². The Hall–Kier alpha value is -2.08. The predicted octanol–water partition coefficient (Wildman–Crippen LogP) is 2.45. The van der Waals surface area contributed by atoms with E-state index < -0.39 is 11.6 Å². The number of benzene rings is 1. The second-order valence-corrected chi connectivity index (χ2v) is 6.84. The Morgan fingerprint density at radius 1 is 1.04 bits per heavy atom. The van der Waals surface area contributed by atoms with Crippen LogP contribution < -0.4 is 0 Å². The van der Waals surface area contributed by atoms with Crippen molar-refractivity contribution in [3.63, 3.8) is 0 Å². The number of methoxy groups -OCH3 is 1. The van der Waals surface area contributed by atoms with Gasteiger partial charge in [0, 0.05) is 26.2 Å². The number of esters is 1. The van der Waals surface area contributed by atoms with Crippen LogP contribution >= 0.6 is 0 Å². The number of ether oxygens (including phenoxy) is 2. The van der Waals surface area contributed by atoms with Gasteiger partial charge >= 0.3 is 12.1 Å². The van der Waals surface area contributed by atoms with E-state index in [1.165, 1.54) is 7.11 Å². The maximum absolute atomic E-state index is 12.2. The molecule has 0 spiro atoms. The van der Waals surface area contributed by atoms with Gasteiger partial charge in [-0.05, 0) is 26.3 Å². The quantitative estimate of drug-likeness (QED) is 0.795. The van der Waals surface area contributed by atoms with E-state index in [0.717, 1.165) is 5.56 Å². The third kappa shape index (κ3) is 4.71. The van der Waals surface area contributed by atoms with E-state index in [1.54, 1.807) is 4.90 Å². The van der Waals surface area contributed by atoms with Gasteiger partial charge in [0.15, 0.2) is 0 Å². The highest BCUT2D eigenvalue weighted by atomic mass is 16.6. The lowest BCUT2D eigenvalue weighted by Crippen LogP contribution is -2.52. The van der Waals surface area contributed by atoms with Crippen molar-refractivity contribution in [1.29, 1.82) is 0 Å². The molecule has 1 heterocycles. The third-order valence-electron chi connectivity index (χ3n) is 3.87. The summed E-state index contributed by atoms with van der Waals surface area (Å²) in [6.45, 7) is 7.78. The summed E-state index contributed by atoms with van der Waals surface area (Å²) in [4.78, 5) is 28.1. The fourth-order valence-corrected chi connectivity index (χ4v) is 2.73. The monoisotopic (exact) mass is 334 g/mol. The lowest BCUT2D eigenvalue weighted by Gasteiger charge is -2.38. The van der Waals surface area contributed by atoms with Gasteiger partial charge in [-0.1, -0.05) is 30.3 Å². The number of amides is 1. The zero-order chi connectivity index (χ0) is 17.7. The number of carbonyl (C=O) groups excluding carboxylic acids is 2. The van der Waals surface area contributed by atoms with Crippen molar-refractivity contribution in [1.82, 2.24) is 9.80 Å². The van der Waals surface area contributed by atoms with E-state index in [9.17, 15) is 9.59 Å². The van der Waals surface area contributed by atoms with E-state index >= 15 is 0 Å². The van der Waals surface area contributed by atoms with Crippen LogP contribution in [0.15, 0.2) is 30.3 Å². The molecule has 132 valence electrons. The van der Waals surface area contributed by atoms with Crippen molar-refractivity contribution in [3.05, 3.63) is 35.9 Å². The average molecular weight is 334 g/mol. The largest absolute Gasteiger partial charge is 0.468 e. The van der Waals surface area contributed by atoms with Crippen LogP contribution in [0.3, 0.4) is 0 Å². The van der Waals surface area contributed by atoms with Gasteiger partial charge in [0.05, 0.1) is 7.11 Å². The minimum absolute atomic E-state index is 0.285. The summed E-state index contributed by atoms with van der Waals surface area (Å²) in [5.41, 5.74) is 0.391. The normalized spacial score (nSPS) is 17.2. The summed E-state index contributed by atoms with van der Waals surface area (Å²) in [5.74, 6) is -0.285. The van der Waals surface area contributed by atoms with Crippen LogP contribution in [0.25, 0.3) is 0 Å². The first-order chi connectivity index (χ1) is 11.3. The summed E-state index contributed by atoms with van der Waals surface area (Å²) < 4.78 is 10.4. The zero-order valence-corrected chi connectivity index (χ0v) is 14.8. The molecule has 1 aliphatic heterocycles. The van der Waals surface area contributed by atoms with E-state index in [1.807, 2.05) is 56.0 Å². The number of hydrogen-bond acceptors (Lipinski definition) is 5. The maximum Gasteiger partial charge on any atom is 0.410 e. The number of rotatable bonds is 3. The summed E-state index contributed by atoms with van der Waals surface area (Å²) in [6.07, 6.45) is -0.309. The Kier molecular flexibility index (Phi) is 5.83. The second-order valence-electron chi connectivity index (χ2n) is 6.84. The second kappa shape index (κ2) is 7.66. The first-order valence-corrected chi connectivity index (χ1v) is 8.16. The van der Waals surface area contributed by atoms with Crippen molar-refractivity contribution in [2.45, 2.75) is 32.4 Å². The molecule has 1 aromatic carbocycles. The fourth-order valence-electron chi connectivity index (χ4n) is 2.73. The Morgan fingerprint density at radius 2 is 1.62 bits per heavy atom. The number of hydrogen-bond donors (Lipinski definition) is 0. The highest BCUT2D eigenvalue weighted by Gasteiger charge is 2.33.